The number of rotatable bonds is 2. The summed E-state index contributed by atoms with van der Waals surface area (Å²) < 4.78 is 6.11. The van der Waals surface area contributed by atoms with E-state index in [1.54, 1.807) is 36.4 Å². The molecule has 0 aromatic heterocycles. The van der Waals surface area contributed by atoms with Crippen LogP contribution in [0.1, 0.15) is 15.9 Å². The lowest BCUT2D eigenvalue weighted by atomic mass is 10.1. The Morgan fingerprint density at radius 1 is 1.17 bits per heavy atom. The molecule has 0 aliphatic carbocycles. The van der Waals surface area contributed by atoms with Gasteiger partial charge in [-0.25, -0.2) is 4.79 Å². The first kappa shape index (κ1) is 13.1. The Bertz CT molecular complexity index is 579. The standard InChI is InChI=1S/C14H10BrClO2/c1-9-2-3-10(8-13(9)15)14(17)18-12-6-4-11(16)5-7-12/h2-8H,1H3. The van der Waals surface area contributed by atoms with Crippen molar-refractivity contribution in [1.82, 2.24) is 0 Å². The van der Waals surface area contributed by atoms with Crippen molar-refractivity contribution in [3.8, 4) is 5.75 Å². The summed E-state index contributed by atoms with van der Waals surface area (Å²) in [5.41, 5.74) is 1.57. The Morgan fingerprint density at radius 3 is 2.44 bits per heavy atom. The van der Waals surface area contributed by atoms with E-state index in [0.29, 0.717) is 16.3 Å². The van der Waals surface area contributed by atoms with Gasteiger partial charge in [0.25, 0.3) is 0 Å². The third kappa shape index (κ3) is 3.12. The van der Waals surface area contributed by atoms with Crippen molar-refractivity contribution in [2.75, 3.05) is 0 Å². The lowest BCUT2D eigenvalue weighted by molar-refractivity contribution is 0.0734. The van der Waals surface area contributed by atoms with Crippen LogP contribution in [0.4, 0.5) is 0 Å². The van der Waals surface area contributed by atoms with Gasteiger partial charge in [-0.2, -0.15) is 0 Å². The highest BCUT2D eigenvalue weighted by Crippen LogP contribution is 2.20. The third-order valence-electron chi connectivity index (χ3n) is 2.43. The largest absolute Gasteiger partial charge is 0.423 e. The van der Waals surface area contributed by atoms with Crippen LogP contribution in [0.5, 0.6) is 5.75 Å². The molecule has 0 amide bonds. The van der Waals surface area contributed by atoms with Gasteiger partial charge >= 0.3 is 5.97 Å². The molecular formula is C14H10BrClO2. The fourth-order valence-electron chi connectivity index (χ4n) is 1.39. The molecule has 0 unspecified atom stereocenters. The fourth-order valence-corrected chi connectivity index (χ4v) is 1.89. The van der Waals surface area contributed by atoms with E-state index in [0.717, 1.165) is 10.0 Å². The van der Waals surface area contributed by atoms with Crippen LogP contribution in [0.2, 0.25) is 5.02 Å². The normalized spacial score (nSPS) is 10.2. The molecule has 92 valence electrons. The maximum absolute atomic E-state index is 11.9. The van der Waals surface area contributed by atoms with Crippen molar-refractivity contribution >= 4 is 33.5 Å². The van der Waals surface area contributed by atoms with Gasteiger partial charge in [0.1, 0.15) is 5.75 Å². The minimum Gasteiger partial charge on any atom is -0.423 e. The van der Waals surface area contributed by atoms with Gasteiger partial charge in [0.15, 0.2) is 0 Å². The molecule has 0 aliphatic heterocycles. The molecule has 0 heterocycles. The molecule has 0 N–H and O–H groups in total. The van der Waals surface area contributed by atoms with Crippen molar-refractivity contribution in [3.05, 3.63) is 63.1 Å². The summed E-state index contributed by atoms with van der Waals surface area (Å²) in [6.07, 6.45) is 0. The number of ether oxygens (including phenoxy) is 1. The molecule has 0 bridgehead atoms. The lowest BCUT2D eigenvalue weighted by Crippen LogP contribution is -2.08. The summed E-state index contributed by atoms with van der Waals surface area (Å²) in [6, 6.07) is 12.0. The number of aryl methyl sites for hydroxylation is 1. The second-order valence-electron chi connectivity index (χ2n) is 3.81. The van der Waals surface area contributed by atoms with Gasteiger partial charge in [-0.05, 0) is 48.9 Å². The van der Waals surface area contributed by atoms with Gasteiger partial charge in [0, 0.05) is 9.50 Å². The van der Waals surface area contributed by atoms with Crippen LogP contribution in [-0.4, -0.2) is 5.97 Å². The van der Waals surface area contributed by atoms with Crippen molar-refractivity contribution < 1.29 is 9.53 Å². The van der Waals surface area contributed by atoms with E-state index in [4.69, 9.17) is 16.3 Å². The quantitative estimate of drug-likeness (QED) is 0.594. The molecule has 18 heavy (non-hydrogen) atoms. The number of halogens is 2. The van der Waals surface area contributed by atoms with Gasteiger partial charge in [0.2, 0.25) is 0 Å². The molecule has 0 saturated carbocycles. The second-order valence-corrected chi connectivity index (χ2v) is 5.10. The monoisotopic (exact) mass is 324 g/mol. The Morgan fingerprint density at radius 2 is 1.83 bits per heavy atom. The molecule has 2 aromatic rings. The summed E-state index contributed by atoms with van der Waals surface area (Å²) in [5, 5.41) is 0.605. The minimum atomic E-state index is -0.391. The smallest absolute Gasteiger partial charge is 0.343 e. The predicted octanol–water partition coefficient (Wildman–Crippen LogP) is 4.63. The van der Waals surface area contributed by atoms with Crippen LogP contribution in [0.15, 0.2) is 46.9 Å². The third-order valence-corrected chi connectivity index (χ3v) is 3.54. The summed E-state index contributed by atoms with van der Waals surface area (Å²) in [7, 11) is 0. The van der Waals surface area contributed by atoms with Crippen LogP contribution in [0.25, 0.3) is 0 Å². The fraction of sp³-hybridized carbons (Fsp3) is 0.0714. The maximum atomic E-state index is 11.9. The topological polar surface area (TPSA) is 26.3 Å². The number of hydrogen-bond donors (Lipinski definition) is 0. The summed E-state index contributed by atoms with van der Waals surface area (Å²) in [6.45, 7) is 1.96. The van der Waals surface area contributed by atoms with Crippen molar-refractivity contribution in [1.29, 1.82) is 0 Å². The molecule has 0 spiro atoms. The van der Waals surface area contributed by atoms with E-state index in [1.165, 1.54) is 0 Å². The van der Waals surface area contributed by atoms with Gasteiger partial charge in [-0.1, -0.05) is 33.6 Å². The number of esters is 1. The first-order valence-corrected chi connectivity index (χ1v) is 6.47. The molecule has 0 saturated heterocycles. The zero-order valence-electron chi connectivity index (χ0n) is 9.61. The minimum absolute atomic E-state index is 0.391. The Balaban J connectivity index is 2.16. The number of benzene rings is 2. The zero-order chi connectivity index (χ0) is 13.1. The van der Waals surface area contributed by atoms with Crippen LogP contribution in [0.3, 0.4) is 0 Å². The molecule has 4 heteroatoms. The molecule has 0 fully saturated rings. The van der Waals surface area contributed by atoms with Crippen LogP contribution >= 0.6 is 27.5 Å². The van der Waals surface area contributed by atoms with E-state index in [9.17, 15) is 4.79 Å². The SMILES string of the molecule is Cc1ccc(C(=O)Oc2ccc(Cl)cc2)cc1Br. The van der Waals surface area contributed by atoms with Crippen LogP contribution in [0, 0.1) is 6.92 Å². The molecule has 2 aromatic carbocycles. The second kappa shape index (κ2) is 5.55. The van der Waals surface area contributed by atoms with E-state index in [-0.39, 0.29) is 0 Å². The van der Waals surface area contributed by atoms with Gasteiger partial charge < -0.3 is 4.74 Å². The highest BCUT2D eigenvalue weighted by Gasteiger charge is 2.09. The van der Waals surface area contributed by atoms with Crippen molar-refractivity contribution in [2.45, 2.75) is 6.92 Å². The van der Waals surface area contributed by atoms with Gasteiger partial charge in [-0.15, -0.1) is 0 Å². The Labute approximate surface area is 119 Å². The van der Waals surface area contributed by atoms with E-state index >= 15 is 0 Å². The average molecular weight is 326 g/mol. The summed E-state index contributed by atoms with van der Waals surface area (Å²) in [4.78, 5) is 11.9. The van der Waals surface area contributed by atoms with Crippen molar-refractivity contribution in [2.24, 2.45) is 0 Å². The highest BCUT2D eigenvalue weighted by atomic mass is 79.9. The number of carbonyl (C=O) groups is 1. The Hall–Kier alpha value is -1.32. The molecule has 2 rings (SSSR count). The average Bonchev–Trinajstić information content (AvgIpc) is 2.35. The molecule has 2 nitrogen and oxygen atoms in total. The van der Waals surface area contributed by atoms with Gasteiger partial charge in [0.05, 0.1) is 5.56 Å². The first-order chi connectivity index (χ1) is 8.56. The van der Waals surface area contributed by atoms with Gasteiger partial charge in [-0.3, -0.25) is 0 Å². The van der Waals surface area contributed by atoms with E-state index in [2.05, 4.69) is 15.9 Å². The van der Waals surface area contributed by atoms with Crippen LogP contribution < -0.4 is 4.74 Å². The number of hydrogen-bond acceptors (Lipinski definition) is 2. The van der Waals surface area contributed by atoms with Crippen LogP contribution in [-0.2, 0) is 0 Å². The van der Waals surface area contributed by atoms with E-state index in [1.807, 2.05) is 13.0 Å². The molecule has 0 atom stereocenters. The highest BCUT2D eigenvalue weighted by molar-refractivity contribution is 9.10. The maximum Gasteiger partial charge on any atom is 0.343 e. The summed E-state index contributed by atoms with van der Waals surface area (Å²) >= 11 is 9.14. The van der Waals surface area contributed by atoms with Crippen molar-refractivity contribution in [3.63, 3.8) is 0 Å². The molecule has 0 aliphatic rings. The molecular weight excluding hydrogens is 316 g/mol. The molecule has 0 radical (unpaired) electrons. The van der Waals surface area contributed by atoms with E-state index < -0.39 is 5.97 Å². The summed E-state index contributed by atoms with van der Waals surface area (Å²) in [5.74, 6) is 0.0825. The predicted molar refractivity (Wildman–Crippen MR) is 75.3 cm³/mol. The first-order valence-electron chi connectivity index (χ1n) is 5.30. The Kier molecular flexibility index (Phi) is 4.04. The number of carbonyl (C=O) groups excluding carboxylic acids is 1. The lowest BCUT2D eigenvalue weighted by Gasteiger charge is -2.05. The zero-order valence-corrected chi connectivity index (χ0v) is 12.0.